The van der Waals surface area contributed by atoms with Gasteiger partial charge in [-0.2, -0.15) is 0 Å². The highest BCUT2D eigenvalue weighted by atomic mass is 32.2. The summed E-state index contributed by atoms with van der Waals surface area (Å²) in [4.78, 5) is 12.4. The van der Waals surface area contributed by atoms with Gasteiger partial charge in [-0.25, -0.2) is 12.8 Å². The zero-order valence-corrected chi connectivity index (χ0v) is 20.0. The number of carbonyl (C=O) groups excluding carboxylic acids is 1. The van der Waals surface area contributed by atoms with E-state index in [0.717, 1.165) is 24.0 Å². The van der Waals surface area contributed by atoms with E-state index < -0.39 is 26.2 Å². The van der Waals surface area contributed by atoms with Crippen molar-refractivity contribution >= 4 is 27.3 Å². The Morgan fingerprint density at radius 3 is 2.62 bits per heavy atom. The second-order valence-electron chi connectivity index (χ2n) is 9.34. The fourth-order valence-electron chi connectivity index (χ4n) is 5.05. The van der Waals surface area contributed by atoms with Crippen molar-refractivity contribution in [3.63, 3.8) is 0 Å². The summed E-state index contributed by atoms with van der Waals surface area (Å²) < 4.78 is 55.1. The number of nitrogens with one attached hydrogen (secondary N) is 2. The number of sulfonamides is 1. The largest absolute Gasteiger partial charge is 0.488 e. The third kappa shape index (κ3) is 4.05. The van der Waals surface area contributed by atoms with E-state index >= 15 is 0 Å². The minimum Gasteiger partial charge on any atom is -0.488 e. The highest BCUT2D eigenvalue weighted by Crippen LogP contribution is 2.54. The van der Waals surface area contributed by atoms with Gasteiger partial charge in [0.05, 0.1) is 30.0 Å². The van der Waals surface area contributed by atoms with Gasteiger partial charge >= 0.3 is 0 Å². The molecule has 2 fully saturated rings. The van der Waals surface area contributed by atoms with Gasteiger partial charge in [0.15, 0.2) is 0 Å². The molecular weight excluding hydrogens is 459 g/mol. The predicted molar refractivity (Wildman–Crippen MR) is 126 cm³/mol. The van der Waals surface area contributed by atoms with E-state index in [2.05, 4.69) is 10.0 Å². The van der Waals surface area contributed by atoms with Gasteiger partial charge in [-0.15, -0.1) is 0 Å². The van der Waals surface area contributed by atoms with E-state index in [1.807, 2.05) is 6.92 Å². The molecule has 1 saturated carbocycles. The van der Waals surface area contributed by atoms with Crippen LogP contribution in [0.1, 0.15) is 56.6 Å². The number of rotatable bonds is 7. The average molecular weight is 489 g/mol. The highest BCUT2D eigenvalue weighted by Gasteiger charge is 2.52. The van der Waals surface area contributed by atoms with Gasteiger partial charge in [-0.3, -0.25) is 9.52 Å². The fourth-order valence-corrected chi connectivity index (χ4v) is 6.15. The van der Waals surface area contributed by atoms with Crippen molar-refractivity contribution in [3.05, 3.63) is 47.3 Å². The maximum atomic E-state index is 14.7. The van der Waals surface area contributed by atoms with Crippen molar-refractivity contribution in [1.82, 2.24) is 0 Å². The number of hydrogen-bond acceptors (Lipinski definition) is 5. The summed E-state index contributed by atoms with van der Waals surface area (Å²) in [7, 11) is -4.19. The summed E-state index contributed by atoms with van der Waals surface area (Å²) in [6.07, 6.45) is 5.16. The minimum absolute atomic E-state index is 0.0804. The van der Waals surface area contributed by atoms with Gasteiger partial charge in [0.2, 0.25) is 5.91 Å². The molecule has 34 heavy (non-hydrogen) atoms. The second kappa shape index (κ2) is 8.85. The van der Waals surface area contributed by atoms with Crippen LogP contribution in [-0.2, 0) is 31.4 Å². The number of benzene rings is 2. The molecule has 2 aliphatic heterocycles. The topological polar surface area (TPSA) is 93.7 Å². The number of ether oxygens (including phenoxy) is 2. The van der Waals surface area contributed by atoms with Crippen molar-refractivity contribution < 1.29 is 27.1 Å². The molecule has 182 valence electrons. The second-order valence-corrected chi connectivity index (χ2v) is 11.0. The van der Waals surface area contributed by atoms with Crippen LogP contribution in [0.3, 0.4) is 0 Å². The lowest BCUT2D eigenvalue weighted by Crippen LogP contribution is -2.40. The SMILES string of the molecule is CCCc1ccc(S(=O)(=O)Nc2cc(OC3CCOCC3)c3c(c2)C2(CCC2)C(=O)N3)c(F)c1. The van der Waals surface area contributed by atoms with E-state index in [4.69, 9.17) is 9.47 Å². The van der Waals surface area contributed by atoms with Crippen LogP contribution in [0, 0.1) is 5.82 Å². The normalized spacial score (nSPS) is 19.4. The van der Waals surface area contributed by atoms with Crippen LogP contribution < -0.4 is 14.8 Å². The molecule has 0 unspecified atom stereocenters. The van der Waals surface area contributed by atoms with Gasteiger partial charge in [-0.05, 0) is 48.6 Å². The van der Waals surface area contributed by atoms with E-state index in [1.165, 1.54) is 12.1 Å². The standard InChI is InChI=1S/C25H29FN2O5S/c1-2-4-16-5-6-22(20(26)13-16)34(30,31)28-17-14-19-23(27-24(29)25(19)9-3-10-25)21(15-17)33-18-7-11-32-12-8-18/h5-6,13-15,18,28H,2-4,7-12H2,1H3,(H,27,29). The number of fused-ring (bicyclic) bond motifs is 2. The van der Waals surface area contributed by atoms with Crippen LogP contribution >= 0.6 is 0 Å². The monoisotopic (exact) mass is 488 g/mol. The van der Waals surface area contributed by atoms with Gasteiger partial charge in [0.25, 0.3) is 10.0 Å². The number of amides is 1. The lowest BCUT2D eigenvalue weighted by molar-refractivity contribution is -0.123. The van der Waals surface area contributed by atoms with Crippen LogP contribution in [0.5, 0.6) is 5.75 Å². The molecule has 1 spiro atoms. The molecule has 0 bridgehead atoms. The Labute approximate surface area is 199 Å². The van der Waals surface area contributed by atoms with Crippen LogP contribution in [0.15, 0.2) is 35.2 Å². The quantitative estimate of drug-likeness (QED) is 0.598. The molecule has 2 heterocycles. The zero-order chi connectivity index (χ0) is 23.9. The van der Waals surface area contributed by atoms with Gasteiger partial charge < -0.3 is 14.8 Å². The third-order valence-electron chi connectivity index (χ3n) is 7.04. The Balaban J connectivity index is 1.50. The molecule has 7 nitrogen and oxygen atoms in total. The zero-order valence-electron chi connectivity index (χ0n) is 19.2. The first-order chi connectivity index (χ1) is 16.3. The molecule has 5 rings (SSSR count). The first kappa shape index (κ1) is 23.1. The lowest BCUT2D eigenvalue weighted by Gasteiger charge is -2.36. The summed E-state index contributed by atoms with van der Waals surface area (Å²) in [5, 5.41) is 2.96. The molecule has 9 heteroatoms. The van der Waals surface area contributed by atoms with Crippen molar-refractivity contribution in [3.8, 4) is 5.75 Å². The first-order valence-electron chi connectivity index (χ1n) is 11.9. The number of halogens is 1. The van der Waals surface area contributed by atoms with Crippen LogP contribution in [0.2, 0.25) is 0 Å². The maximum Gasteiger partial charge on any atom is 0.264 e. The average Bonchev–Trinajstić information content (AvgIpc) is 3.06. The highest BCUT2D eigenvalue weighted by molar-refractivity contribution is 7.92. The molecular formula is C25H29FN2O5S. The van der Waals surface area contributed by atoms with E-state index in [9.17, 15) is 17.6 Å². The number of hydrogen-bond donors (Lipinski definition) is 2. The Kier molecular flexibility index (Phi) is 6.02. The Morgan fingerprint density at radius 1 is 1.21 bits per heavy atom. The molecule has 2 aromatic carbocycles. The summed E-state index contributed by atoms with van der Waals surface area (Å²) in [6.45, 7) is 3.15. The third-order valence-corrected chi connectivity index (χ3v) is 8.45. The predicted octanol–water partition coefficient (Wildman–Crippen LogP) is 4.51. The molecule has 2 N–H and O–H groups in total. The number of aryl methyl sites for hydroxylation is 1. The molecule has 0 radical (unpaired) electrons. The van der Waals surface area contributed by atoms with Gasteiger partial charge in [0.1, 0.15) is 22.6 Å². The fraction of sp³-hybridized carbons (Fsp3) is 0.480. The molecule has 2 aromatic rings. The van der Waals surface area contributed by atoms with Gasteiger partial charge in [0, 0.05) is 18.9 Å². The summed E-state index contributed by atoms with van der Waals surface area (Å²) in [5.74, 6) is -0.438. The van der Waals surface area contributed by atoms with E-state index in [0.29, 0.717) is 56.8 Å². The lowest BCUT2D eigenvalue weighted by atomic mass is 9.65. The summed E-state index contributed by atoms with van der Waals surface area (Å²) >= 11 is 0. The Morgan fingerprint density at radius 2 is 1.97 bits per heavy atom. The smallest absolute Gasteiger partial charge is 0.264 e. The number of anilines is 2. The Bertz CT molecular complexity index is 1220. The van der Waals surface area contributed by atoms with E-state index in [-0.39, 0.29) is 17.7 Å². The van der Waals surface area contributed by atoms with Crippen LogP contribution in [0.25, 0.3) is 0 Å². The number of carbonyl (C=O) groups is 1. The van der Waals surface area contributed by atoms with Crippen LogP contribution in [-0.4, -0.2) is 33.6 Å². The van der Waals surface area contributed by atoms with Crippen molar-refractivity contribution in [2.45, 2.75) is 68.3 Å². The molecule has 3 aliphatic rings. The molecule has 1 amide bonds. The Hall–Kier alpha value is -2.65. The molecule has 1 saturated heterocycles. The van der Waals surface area contributed by atoms with Crippen molar-refractivity contribution in [2.75, 3.05) is 23.3 Å². The van der Waals surface area contributed by atoms with Crippen molar-refractivity contribution in [1.29, 1.82) is 0 Å². The maximum absolute atomic E-state index is 14.7. The van der Waals surface area contributed by atoms with Gasteiger partial charge in [-0.1, -0.05) is 25.8 Å². The van der Waals surface area contributed by atoms with E-state index in [1.54, 1.807) is 18.2 Å². The summed E-state index contributed by atoms with van der Waals surface area (Å²) in [6, 6.07) is 7.47. The molecule has 0 atom stereocenters. The minimum atomic E-state index is -4.19. The van der Waals surface area contributed by atoms with Crippen LogP contribution in [0.4, 0.5) is 15.8 Å². The molecule has 0 aromatic heterocycles. The first-order valence-corrected chi connectivity index (χ1v) is 13.4. The van der Waals surface area contributed by atoms with Crippen molar-refractivity contribution in [2.24, 2.45) is 0 Å². The summed E-state index contributed by atoms with van der Waals surface area (Å²) in [5.41, 5.74) is 1.69. The molecule has 1 aliphatic carbocycles.